The molecule has 3 aromatic rings. The average Bonchev–Trinajstić information content (AvgIpc) is 2.81. The van der Waals surface area contributed by atoms with Gasteiger partial charge in [-0.1, -0.05) is 17.7 Å². The highest BCUT2D eigenvalue weighted by Crippen LogP contribution is 2.31. The molecule has 2 aromatic carbocycles. The van der Waals surface area contributed by atoms with Crippen molar-refractivity contribution in [2.45, 2.75) is 26.1 Å². The molecule has 1 N–H and O–H groups in total. The number of benzene rings is 2. The Labute approximate surface area is 194 Å². The molecule has 0 bridgehead atoms. The monoisotopic (exact) mass is 472 g/mol. The predicted octanol–water partition coefficient (Wildman–Crippen LogP) is 5.33. The van der Waals surface area contributed by atoms with E-state index in [1.54, 1.807) is 12.4 Å². The zero-order valence-electron chi connectivity index (χ0n) is 18.4. The highest BCUT2D eigenvalue weighted by molar-refractivity contribution is 5.93. The first-order valence-corrected chi connectivity index (χ1v) is 10.7. The van der Waals surface area contributed by atoms with Crippen LogP contribution in [0.3, 0.4) is 0 Å². The topological polar surface area (TPSA) is 76.6 Å². The maximum Gasteiger partial charge on any atom is 0.573 e. The van der Waals surface area contributed by atoms with Gasteiger partial charge in [0.2, 0.25) is 5.91 Å². The molecule has 34 heavy (non-hydrogen) atoms. The molecule has 0 unspecified atom stereocenters. The number of piperidine rings is 1. The van der Waals surface area contributed by atoms with E-state index in [0.717, 1.165) is 24.1 Å². The second-order valence-electron chi connectivity index (χ2n) is 7.95. The number of rotatable bonds is 6. The Kier molecular flexibility index (Phi) is 6.85. The number of hydrogen-bond acceptors (Lipinski definition) is 6. The molecule has 1 aliphatic rings. The van der Waals surface area contributed by atoms with Gasteiger partial charge in [0.05, 0.1) is 5.92 Å². The molecule has 1 aromatic heterocycles. The molecule has 2 heterocycles. The second-order valence-corrected chi connectivity index (χ2v) is 7.95. The minimum absolute atomic E-state index is 0.223. The zero-order valence-corrected chi connectivity index (χ0v) is 18.4. The van der Waals surface area contributed by atoms with Crippen molar-refractivity contribution < 1.29 is 27.4 Å². The van der Waals surface area contributed by atoms with Gasteiger partial charge in [-0.25, -0.2) is 9.97 Å². The Hall–Kier alpha value is -3.82. The lowest BCUT2D eigenvalue weighted by Gasteiger charge is -2.33. The van der Waals surface area contributed by atoms with Crippen molar-refractivity contribution >= 4 is 17.4 Å². The molecule has 1 atom stereocenters. The quantitative estimate of drug-likeness (QED) is 0.523. The molecule has 1 amide bonds. The average molecular weight is 472 g/mol. The van der Waals surface area contributed by atoms with E-state index in [1.165, 1.54) is 12.1 Å². The lowest BCUT2D eigenvalue weighted by Crippen LogP contribution is -2.41. The van der Waals surface area contributed by atoms with Gasteiger partial charge >= 0.3 is 6.36 Å². The highest BCUT2D eigenvalue weighted by atomic mass is 19.4. The third-order valence-corrected chi connectivity index (χ3v) is 5.33. The molecule has 10 heteroatoms. The van der Waals surface area contributed by atoms with Crippen LogP contribution in [0.4, 0.5) is 24.7 Å². The molecule has 4 rings (SSSR count). The SMILES string of the molecule is Cc1ccc(Oc2nccnc2N2CCC[C@@H](C(=O)Nc3ccc(OC(F)(F)F)cc3)C2)cc1. The number of amides is 1. The Bertz CT molecular complexity index is 1120. The summed E-state index contributed by atoms with van der Waals surface area (Å²) in [6.45, 7) is 3.08. The van der Waals surface area contributed by atoms with Gasteiger partial charge in [0.15, 0.2) is 5.82 Å². The van der Waals surface area contributed by atoms with Gasteiger partial charge in [-0.05, 0) is 56.2 Å². The summed E-state index contributed by atoms with van der Waals surface area (Å²) in [5.41, 5.74) is 1.50. The number of nitrogens with zero attached hydrogens (tertiary/aromatic N) is 3. The van der Waals surface area contributed by atoms with Crippen LogP contribution in [0.1, 0.15) is 18.4 Å². The van der Waals surface area contributed by atoms with Crippen LogP contribution in [0.25, 0.3) is 0 Å². The van der Waals surface area contributed by atoms with E-state index in [9.17, 15) is 18.0 Å². The summed E-state index contributed by atoms with van der Waals surface area (Å²) in [4.78, 5) is 23.6. The van der Waals surface area contributed by atoms with E-state index in [2.05, 4.69) is 20.0 Å². The molecule has 1 saturated heterocycles. The molecule has 0 aliphatic carbocycles. The van der Waals surface area contributed by atoms with Crippen molar-refractivity contribution in [2.24, 2.45) is 5.92 Å². The molecule has 0 radical (unpaired) electrons. The van der Waals surface area contributed by atoms with Crippen molar-refractivity contribution in [2.75, 3.05) is 23.3 Å². The molecule has 7 nitrogen and oxygen atoms in total. The molecule has 1 fully saturated rings. The first-order chi connectivity index (χ1) is 16.3. The molecule has 1 aliphatic heterocycles. The largest absolute Gasteiger partial charge is 0.573 e. The molecular weight excluding hydrogens is 449 g/mol. The van der Waals surface area contributed by atoms with E-state index >= 15 is 0 Å². The van der Waals surface area contributed by atoms with E-state index < -0.39 is 6.36 Å². The van der Waals surface area contributed by atoms with Crippen LogP contribution in [0.5, 0.6) is 17.4 Å². The Morgan fingerprint density at radius 2 is 1.71 bits per heavy atom. The fourth-order valence-corrected chi connectivity index (χ4v) is 3.69. The zero-order chi connectivity index (χ0) is 24.1. The van der Waals surface area contributed by atoms with Crippen molar-refractivity contribution in [3.63, 3.8) is 0 Å². The Balaban J connectivity index is 1.41. The van der Waals surface area contributed by atoms with Gasteiger partial charge in [0.1, 0.15) is 11.5 Å². The number of halogens is 3. The van der Waals surface area contributed by atoms with Crippen LogP contribution < -0.4 is 19.7 Å². The number of alkyl halides is 3. The second kappa shape index (κ2) is 9.98. The number of carbonyl (C=O) groups is 1. The smallest absolute Gasteiger partial charge is 0.436 e. The van der Waals surface area contributed by atoms with E-state index in [1.807, 2.05) is 36.1 Å². The number of hydrogen-bond donors (Lipinski definition) is 1. The lowest BCUT2D eigenvalue weighted by molar-refractivity contribution is -0.274. The van der Waals surface area contributed by atoms with Crippen molar-refractivity contribution in [3.05, 3.63) is 66.5 Å². The number of ether oxygens (including phenoxy) is 2. The van der Waals surface area contributed by atoms with Gasteiger partial charge in [0, 0.05) is 31.2 Å². The normalized spacial score (nSPS) is 16.1. The van der Waals surface area contributed by atoms with Gasteiger partial charge in [-0.3, -0.25) is 4.79 Å². The maximum absolute atomic E-state index is 12.8. The Morgan fingerprint density at radius 1 is 1.03 bits per heavy atom. The van der Waals surface area contributed by atoms with Crippen LogP contribution in [0.15, 0.2) is 60.9 Å². The molecule has 178 valence electrons. The minimum atomic E-state index is -4.77. The fourth-order valence-electron chi connectivity index (χ4n) is 3.69. The number of anilines is 2. The van der Waals surface area contributed by atoms with Crippen LogP contribution in [-0.4, -0.2) is 35.3 Å². The van der Waals surface area contributed by atoms with Gasteiger partial charge < -0.3 is 19.7 Å². The Morgan fingerprint density at radius 3 is 2.41 bits per heavy atom. The first kappa shape index (κ1) is 23.3. The summed E-state index contributed by atoms with van der Waals surface area (Å²) in [6.07, 6.45) is -0.208. The number of carbonyl (C=O) groups excluding carboxylic acids is 1. The van der Waals surface area contributed by atoms with Gasteiger partial charge in [-0.15, -0.1) is 13.2 Å². The standard InChI is InChI=1S/C24H23F3N4O3/c1-16-4-8-19(9-5-16)33-23-21(28-12-13-29-23)31-14-2-3-17(15-31)22(32)30-18-6-10-20(11-7-18)34-24(25,26)27/h4-13,17H,2-3,14-15H2,1H3,(H,30,32)/t17-/m1/s1. The maximum atomic E-state index is 12.8. The number of aromatic nitrogens is 2. The molecule has 0 spiro atoms. The minimum Gasteiger partial charge on any atom is -0.436 e. The number of nitrogens with one attached hydrogen (secondary N) is 1. The van der Waals surface area contributed by atoms with Gasteiger partial charge in [0.25, 0.3) is 5.88 Å². The number of aryl methyl sites for hydroxylation is 1. The van der Waals surface area contributed by atoms with Crippen LogP contribution in [0.2, 0.25) is 0 Å². The first-order valence-electron chi connectivity index (χ1n) is 10.7. The van der Waals surface area contributed by atoms with E-state index in [4.69, 9.17) is 4.74 Å². The van der Waals surface area contributed by atoms with Crippen molar-refractivity contribution in [3.8, 4) is 17.4 Å². The summed E-state index contributed by atoms with van der Waals surface area (Å²) in [5.74, 6) is 0.629. The van der Waals surface area contributed by atoms with Crippen molar-refractivity contribution in [1.29, 1.82) is 0 Å². The molecular formula is C24H23F3N4O3. The molecule has 0 saturated carbocycles. The lowest BCUT2D eigenvalue weighted by atomic mass is 9.97. The third kappa shape index (κ3) is 6.15. The van der Waals surface area contributed by atoms with E-state index in [0.29, 0.717) is 42.6 Å². The van der Waals surface area contributed by atoms with E-state index in [-0.39, 0.29) is 17.6 Å². The van der Waals surface area contributed by atoms with Crippen LogP contribution in [-0.2, 0) is 4.79 Å². The summed E-state index contributed by atoms with van der Waals surface area (Å²) in [6, 6.07) is 12.6. The third-order valence-electron chi connectivity index (χ3n) is 5.33. The van der Waals surface area contributed by atoms with Gasteiger partial charge in [-0.2, -0.15) is 0 Å². The summed E-state index contributed by atoms with van der Waals surface area (Å²) in [7, 11) is 0. The summed E-state index contributed by atoms with van der Waals surface area (Å²) < 4.78 is 46.8. The fraction of sp³-hybridized carbons (Fsp3) is 0.292. The highest BCUT2D eigenvalue weighted by Gasteiger charge is 2.31. The van der Waals surface area contributed by atoms with Crippen LogP contribution >= 0.6 is 0 Å². The van der Waals surface area contributed by atoms with Crippen LogP contribution in [0, 0.1) is 12.8 Å². The summed E-state index contributed by atoms with van der Waals surface area (Å²) >= 11 is 0. The summed E-state index contributed by atoms with van der Waals surface area (Å²) in [5, 5.41) is 2.76. The van der Waals surface area contributed by atoms with Crippen molar-refractivity contribution in [1.82, 2.24) is 9.97 Å². The predicted molar refractivity (Wildman–Crippen MR) is 120 cm³/mol.